The minimum atomic E-state index is -1.02. The summed E-state index contributed by atoms with van der Waals surface area (Å²) in [5.41, 5.74) is 6.35. The van der Waals surface area contributed by atoms with Crippen LogP contribution < -0.4 is 11.1 Å². The maximum atomic E-state index is 14.1. The van der Waals surface area contributed by atoms with Crippen LogP contribution in [0.5, 0.6) is 0 Å². The van der Waals surface area contributed by atoms with Crippen LogP contribution in [0.2, 0.25) is 5.02 Å². The van der Waals surface area contributed by atoms with Crippen molar-refractivity contribution < 1.29 is 23.5 Å². The molecule has 0 saturated heterocycles. The smallest absolute Gasteiger partial charge is 0.242 e. The Morgan fingerprint density at radius 3 is 2.34 bits per heavy atom. The van der Waals surface area contributed by atoms with Gasteiger partial charge in [0.1, 0.15) is 17.1 Å². The Morgan fingerprint density at radius 2 is 1.88 bits per heavy atom. The summed E-state index contributed by atoms with van der Waals surface area (Å²) in [4.78, 5) is 36.1. The number of carbonyl (C=O) groups excluding carboxylic acids is 3. The Kier molecular flexibility index (Phi) is 11.9. The van der Waals surface area contributed by atoms with Crippen molar-refractivity contribution in [1.82, 2.24) is 0 Å². The SMILES string of the molecule is C.COC(C)(C)C.Cc1sc(NC(=O)C(N)CC=O)c(C(=O)c2ccc(Cl)cc2F)c1C. The quantitative estimate of drug-likeness (QED) is 0.425. The summed E-state index contributed by atoms with van der Waals surface area (Å²) >= 11 is 6.91. The third kappa shape index (κ3) is 8.43. The van der Waals surface area contributed by atoms with Crippen molar-refractivity contribution in [2.75, 3.05) is 12.4 Å². The van der Waals surface area contributed by atoms with Crippen molar-refractivity contribution in [1.29, 1.82) is 0 Å². The number of halogens is 2. The van der Waals surface area contributed by atoms with Crippen LogP contribution in [0.15, 0.2) is 18.2 Å². The first-order valence-corrected chi connectivity index (χ1v) is 10.7. The lowest BCUT2D eigenvalue weighted by Crippen LogP contribution is -2.36. The predicted molar refractivity (Wildman–Crippen MR) is 129 cm³/mol. The van der Waals surface area contributed by atoms with Crippen molar-refractivity contribution in [3.63, 3.8) is 0 Å². The number of carbonyl (C=O) groups is 3. The molecule has 178 valence electrons. The van der Waals surface area contributed by atoms with Gasteiger partial charge in [-0.1, -0.05) is 19.0 Å². The molecule has 0 aliphatic rings. The van der Waals surface area contributed by atoms with Gasteiger partial charge in [0, 0.05) is 23.4 Å². The molecule has 0 aliphatic carbocycles. The Morgan fingerprint density at radius 1 is 1.31 bits per heavy atom. The number of anilines is 1. The summed E-state index contributed by atoms with van der Waals surface area (Å²) in [6.45, 7) is 9.57. The molecule has 1 amide bonds. The van der Waals surface area contributed by atoms with Gasteiger partial charge in [0.25, 0.3) is 0 Å². The van der Waals surface area contributed by atoms with Crippen LogP contribution in [0, 0.1) is 19.7 Å². The van der Waals surface area contributed by atoms with Gasteiger partial charge in [-0.25, -0.2) is 4.39 Å². The molecule has 0 fully saturated rings. The second kappa shape index (κ2) is 12.8. The molecular formula is C23H32ClFN2O4S. The van der Waals surface area contributed by atoms with Gasteiger partial charge >= 0.3 is 0 Å². The molecule has 1 heterocycles. The normalized spacial score (nSPS) is 11.5. The first-order valence-electron chi connectivity index (χ1n) is 9.47. The summed E-state index contributed by atoms with van der Waals surface area (Å²) in [6.07, 6.45) is 0.411. The zero-order valence-corrected chi connectivity index (χ0v) is 20.0. The highest BCUT2D eigenvalue weighted by Crippen LogP contribution is 2.35. The Balaban J connectivity index is 0.00000121. The number of hydrogen-bond donors (Lipinski definition) is 2. The van der Waals surface area contributed by atoms with E-state index in [2.05, 4.69) is 5.32 Å². The number of aldehydes is 1. The van der Waals surface area contributed by atoms with Crippen molar-refractivity contribution in [2.24, 2.45) is 5.73 Å². The van der Waals surface area contributed by atoms with E-state index in [1.165, 1.54) is 23.5 Å². The van der Waals surface area contributed by atoms with Crippen molar-refractivity contribution >= 4 is 45.9 Å². The number of rotatable bonds is 6. The van der Waals surface area contributed by atoms with E-state index in [1.54, 1.807) is 21.0 Å². The third-order valence-electron chi connectivity index (χ3n) is 4.32. The summed E-state index contributed by atoms with van der Waals surface area (Å²) in [7, 11) is 1.71. The number of ether oxygens (including phenoxy) is 1. The number of methoxy groups -OCH3 is 1. The van der Waals surface area contributed by atoms with Gasteiger partial charge in [-0.15, -0.1) is 11.3 Å². The van der Waals surface area contributed by atoms with Gasteiger partial charge in [0.05, 0.1) is 22.8 Å². The maximum Gasteiger partial charge on any atom is 0.242 e. The van der Waals surface area contributed by atoms with Gasteiger partial charge in [0.2, 0.25) is 5.91 Å². The number of amides is 1. The second-order valence-corrected chi connectivity index (χ2v) is 9.42. The van der Waals surface area contributed by atoms with E-state index in [0.29, 0.717) is 11.8 Å². The van der Waals surface area contributed by atoms with E-state index in [9.17, 15) is 18.8 Å². The van der Waals surface area contributed by atoms with Crippen LogP contribution in [0.25, 0.3) is 0 Å². The predicted octanol–water partition coefficient (Wildman–Crippen LogP) is 5.31. The van der Waals surface area contributed by atoms with Crippen LogP contribution in [0.3, 0.4) is 0 Å². The molecule has 2 rings (SSSR count). The minimum absolute atomic E-state index is 0. The lowest BCUT2D eigenvalue weighted by molar-refractivity contribution is -0.119. The largest absolute Gasteiger partial charge is 0.379 e. The molecule has 1 atom stereocenters. The average molecular weight is 487 g/mol. The van der Waals surface area contributed by atoms with Gasteiger partial charge in [0.15, 0.2) is 5.78 Å². The summed E-state index contributed by atoms with van der Waals surface area (Å²) in [5.74, 6) is -1.88. The lowest BCUT2D eigenvalue weighted by atomic mass is 10.0. The van der Waals surface area contributed by atoms with Crippen molar-refractivity contribution in [2.45, 2.75) is 60.1 Å². The molecule has 0 aliphatic heterocycles. The molecule has 32 heavy (non-hydrogen) atoms. The molecule has 1 unspecified atom stereocenters. The molecule has 3 N–H and O–H groups in total. The zero-order chi connectivity index (χ0) is 23.9. The highest BCUT2D eigenvalue weighted by Gasteiger charge is 2.25. The number of hydrogen-bond acceptors (Lipinski definition) is 6. The molecular weight excluding hydrogens is 455 g/mol. The molecule has 9 heteroatoms. The second-order valence-electron chi connectivity index (χ2n) is 7.76. The Labute approximate surface area is 198 Å². The van der Waals surface area contributed by atoms with Crippen LogP contribution in [0.1, 0.15) is 61.0 Å². The molecule has 0 saturated carbocycles. The fraction of sp³-hybridized carbons (Fsp3) is 0.435. The molecule has 1 aromatic carbocycles. The van der Waals surface area contributed by atoms with E-state index in [-0.39, 0.29) is 40.6 Å². The maximum absolute atomic E-state index is 14.1. The zero-order valence-electron chi connectivity index (χ0n) is 18.5. The van der Waals surface area contributed by atoms with Gasteiger partial charge in [-0.3, -0.25) is 9.59 Å². The molecule has 1 aromatic heterocycles. The fourth-order valence-corrected chi connectivity index (χ4v) is 3.43. The average Bonchev–Trinajstić information content (AvgIpc) is 2.94. The van der Waals surface area contributed by atoms with Gasteiger partial charge in [-0.05, 0) is 58.4 Å². The van der Waals surface area contributed by atoms with E-state index in [0.717, 1.165) is 10.9 Å². The number of aryl methyl sites for hydroxylation is 1. The van der Waals surface area contributed by atoms with E-state index in [1.807, 2.05) is 20.8 Å². The molecule has 2 aromatic rings. The first kappa shape index (κ1) is 29.9. The van der Waals surface area contributed by atoms with Gasteiger partial charge < -0.3 is 20.6 Å². The summed E-state index contributed by atoms with van der Waals surface area (Å²) in [6, 6.07) is 2.76. The lowest BCUT2D eigenvalue weighted by Gasteiger charge is -2.14. The van der Waals surface area contributed by atoms with Crippen LogP contribution in [-0.4, -0.2) is 36.7 Å². The van der Waals surface area contributed by atoms with Gasteiger partial charge in [-0.2, -0.15) is 0 Å². The topological polar surface area (TPSA) is 98.5 Å². The highest BCUT2D eigenvalue weighted by molar-refractivity contribution is 7.16. The number of nitrogens with one attached hydrogen (secondary N) is 1. The Hall–Kier alpha value is -2.13. The van der Waals surface area contributed by atoms with Crippen molar-refractivity contribution in [3.8, 4) is 0 Å². The number of ketones is 1. The molecule has 0 spiro atoms. The van der Waals surface area contributed by atoms with E-state index >= 15 is 0 Å². The van der Waals surface area contributed by atoms with E-state index < -0.39 is 23.5 Å². The first-order chi connectivity index (χ1) is 14.3. The Bertz CT molecular complexity index is 954. The fourth-order valence-electron chi connectivity index (χ4n) is 2.21. The third-order valence-corrected chi connectivity index (χ3v) is 5.68. The monoisotopic (exact) mass is 486 g/mol. The summed E-state index contributed by atoms with van der Waals surface area (Å²) in [5, 5.41) is 3.02. The number of nitrogens with two attached hydrogens (primary N) is 1. The number of benzene rings is 1. The highest BCUT2D eigenvalue weighted by atomic mass is 35.5. The van der Waals surface area contributed by atoms with Crippen LogP contribution in [-0.2, 0) is 14.3 Å². The standard InChI is InChI=1S/C17H16ClFN2O3S.C5H12O.CH4/c1-8-9(2)25-17(21-16(24)13(20)5-6-22)14(8)15(23)11-4-3-10(18)7-12(11)19;1-5(2,3)6-4;/h3-4,6-7,13H,5,20H2,1-2H3,(H,21,24);1-4H3;1H4. The van der Waals surface area contributed by atoms with Crippen molar-refractivity contribution in [3.05, 3.63) is 50.6 Å². The molecule has 6 nitrogen and oxygen atoms in total. The van der Waals surface area contributed by atoms with E-state index in [4.69, 9.17) is 22.1 Å². The van der Waals surface area contributed by atoms with Crippen LogP contribution in [0.4, 0.5) is 9.39 Å². The summed E-state index contributed by atoms with van der Waals surface area (Å²) < 4.78 is 19.0. The number of thiophene rings is 1. The molecule has 0 bridgehead atoms. The minimum Gasteiger partial charge on any atom is -0.379 e. The molecule has 0 radical (unpaired) electrons. The van der Waals surface area contributed by atoms with Crippen LogP contribution >= 0.6 is 22.9 Å².